The third-order valence-corrected chi connectivity index (χ3v) is 2.08. The van der Waals surface area contributed by atoms with Crippen molar-refractivity contribution in [3.05, 3.63) is 53.5 Å². The summed E-state index contributed by atoms with van der Waals surface area (Å²) in [5.74, 6) is -1.39. The summed E-state index contributed by atoms with van der Waals surface area (Å²) in [6.45, 7) is 1.69. The van der Waals surface area contributed by atoms with Crippen LogP contribution in [-0.2, 0) is 0 Å². The summed E-state index contributed by atoms with van der Waals surface area (Å²) in [6.07, 6.45) is 0. The highest BCUT2D eigenvalue weighted by Crippen LogP contribution is 2.15. The van der Waals surface area contributed by atoms with Gasteiger partial charge in [0.1, 0.15) is 17.4 Å². The molecule has 0 fully saturated rings. The minimum Gasteiger partial charge on any atom is -0.456 e. The first-order valence-corrected chi connectivity index (χ1v) is 4.88. The van der Waals surface area contributed by atoms with Crippen molar-refractivity contribution in [1.82, 2.24) is 0 Å². The number of carbonyl (C=O) groups is 1. The molecule has 0 radical (unpaired) electrons. The Morgan fingerprint density at radius 1 is 1.18 bits per heavy atom. The highest BCUT2D eigenvalue weighted by Gasteiger charge is 2.11. The highest BCUT2D eigenvalue weighted by molar-refractivity contribution is 6.02. The van der Waals surface area contributed by atoms with Crippen LogP contribution in [0.15, 0.2) is 34.7 Å². The Morgan fingerprint density at radius 3 is 2.35 bits per heavy atom. The summed E-state index contributed by atoms with van der Waals surface area (Å²) in [5.41, 5.74) is 0.0431. The lowest BCUT2D eigenvalue weighted by atomic mass is 10.3. The molecular formula is C12H9F2NO2. The van der Waals surface area contributed by atoms with Gasteiger partial charge in [0, 0.05) is 11.8 Å². The fourth-order valence-electron chi connectivity index (χ4n) is 1.38. The highest BCUT2D eigenvalue weighted by atomic mass is 19.1. The third-order valence-electron chi connectivity index (χ3n) is 2.08. The minimum absolute atomic E-state index is 0.0431. The summed E-state index contributed by atoms with van der Waals surface area (Å²) in [5, 5.41) is 2.34. The molecule has 5 heteroatoms. The van der Waals surface area contributed by atoms with Crippen molar-refractivity contribution in [3.63, 3.8) is 0 Å². The molecule has 3 nitrogen and oxygen atoms in total. The second kappa shape index (κ2) is 4.37. The maximum absolute atomic E-state index is 12.9. The van der Waals surface area contributed by atoms with Crippen LogP contribution < -0.4 is 5.32 Å². The average Bonchev–Trinajstić information content (AvgIpc) is 2.63. The van der Waals surface area contributed by atoms with Gasteiger partial charge in [0.15, 0.2) is 5.76 Å². The number of aryl methyl sites for hydroxylation is 1. The van der Waals surface area contributed by atoms with Crippen molar-refractivity contribution in [2.75, 3.05) is 5.32 Å². The van der Waals surface area contributed by atoms with Crippen LogP contribution in [-0.4, -0.2) is 5.91 Å². The van der Waals surface area contributed by atoms with Gasteiger partial charge < -0.3 is 9.73 Å². The normalized spacial score (nSPS) is 10.3. The second-order valence-corrected chi connectivity index (χ2v) is 3.52. The molecule has 1 N–H and O–H groups in total. The lowest BCUT2D eigenvalue weighted by molar-refractivity contribution is 0.0995. The Bertz CT molecular complexity index is 543. The molecule has 17 heavy (non-hydrogen) atoms. The Morgan fingerprint density at radius 2 is 1.82 bits per heavy atom. The van der Waals surface area contributed by atoms with Gasteiger partial charge in [-0.3, -0.25) is 4.79 Å². The van der Waals surface area contributed by atoms with E-state index in [0.29, 0.717) is 5.76 Å². The zero-order valence-corrected chi connectivity index (χ0v) is 8.96. The predicted molar refractivity (Wildman–Crippen MR) is 57.8 cm³/mol. The molecule has 0 aliphatic carbocycles. The van der Waals surface area contributed by atoms with Crippen LogP contribution in [0.3, 0.4) is 0 Å². The number of hydrogen-bond donors (Lipinski definition) is 1. The van der Waals surface area contributed by atoms with Gasteiger partial charge in [-0.2, -0.15) is 0 Å². The quantitative estimate of drug-likeness (QED) is 0.871. The van der Waals surface area contributed by atoms with Gasteiger partial charge in [0.05, 0.1) is 0 Å². The molecular weight excluding hydrogens is 228 g/mol. The first-order valence-electron chi connectivity index (χ1n) is 4.88. The van der Waals surface area contributed by atoms with Crippen molar-refractivity contribution in [3.8, 4) is 0 Å². The monoisotopic (exact) mass is 237 g/mol. The van der Waals surface area contributed by atoms with Crippen LogP contribution >= 0.6 is 0 Å². The molecule has 0 aliphatic rings. The van der Waals surface area contributed by atoms with Crippen LogP contribution in [0.4, 0.5) is 14.5 Å². The van der Waals surface area contributed by atoms with Crippen LogP contribution in [0.1, 0.15) is 16.3 Å². The number of rotatable bonds is 2. The maximum Gasteiger partial charge on any atom is 0.291 e. The molecule has 1 heterocycles. The zero-order chi connectivity index (χ0) is 12.4. The lowest BCUT2D eigenvalue weighted by Crippen LogP contribution is -2.11. The summed E-state index contributed by atoms with van der Waals surface area (Å²) in [7, 11) is 0. The van der Waals surface area contributed by atoms with Gasteiger partial charge >= 0.3 is 0 Å². The van der Waals surface area contributed by atoms with Crippen LogP contribution in [0, 0.1) is 18.6 Å². The molecule has 0 unspecified atom stereocenters. The molecule has 0 aliphatic heterocycles. The molecule has 2 rings (SSSR count). The fourth-order valence-corrected chi connectivity index (χ4v) is 1.38. The van der Waals surface area contributed by atoms with Gasteiger partial charge in [-0.05, 0) is 31.2 Å². The number of carbonyl (C=O) groups excluding carboxylic acids is 1. The molecule has 0 atom stereocenters. The van der Waals surface area contributed by atoms with E-state index in [1.165, 1.54) is 6.07 Å². The van der Waals surface area contributed by atoms with Gasteiger partial charge in [0.25, 0.3) is 5.91 Å². The lowest BCUT2D eigenvalue weighted by Gasteiger charge is -2.03. The van der Waals surface area contributed by atoms with Gasteiger partial charge in [-0.1, -0.05) is 0 Å². The van der Waals surface area contributed by atoms with E-state index in [1.807, 2.05) is 0 Å². The van der Waals surface area contributed by atoms with Crippen LogP contribution in [0.2, 0.25) is 0 Å². The van der Waals surface area contributed by atoms with E-state index in [9.17, 15) is 13.6 Å². The summed E-state index contributed by atoms with van der Waals surface area (Å²) in [6, 6.07) is 5.89. The molecule has 88 valence electrons. The number of furan rings is 1. The smallest absolute Gasteiger partial charge is 0.291 e. The van der Waals surface area contributed by atoms with Crippen molar-refractivity contribution < 1.29 is 18.0 Å². The second-order valence-electron chi connectivity index (χ2n) is 3.52. The molecule has 1 aromatic heterocycles. The van der Waals surface area contributed by atoms with Crippen molar-refractivity contribution in [2.45, 2.75) is 6.92 Å². The van der Waals surface area contributed by atoms with Gasteiger partial charge in [0.2, 0.25) is 0 Å². The first-order chi connectivity index (χ1) is 8.04. The van der Waals surface area contributed by atoms with Gasteiger partial charge in [-0.25, -0.2) is 8.78 Å². The molecule has 1 amide bonds. The average molecular weight is 237 g/mol. The number of halogens is 2. The Kier molecular flexibility index (Phi) is 2.91. The van der Waals surface area contributed by atoms with E-state index in [1.54, 1.807) is 13.0 Å². The fraction of sp³-hybridized carbons (Fsp3) is 0.0833. The van der Waals surface area contributed by atoms with E-state index in [4.69, 9.17) is 4.42 Å². The van der Waals surface area contributed by atoms with E-state index >= 15 is 0 Å². The molecule has 0 saturated carbocycles. The summed E-state index contributed by atoms with van der Waals surface area (Å²) >= 11 is 0. The van der Waals surface area contributed by atoms with Crippen molar-refractivity contribution >= 4 is 11.6 Å². The number of benzene rings is 1. The van der Waals surface area contributed by atoms with Gasteiger partial charge in [-0.15, -0.1) is 0 Å². The zero-order valence-electron chi connectivity index (χ0n) is 8.96. The number of amides is 1. The predicted octanol–water partition coefficient (Wildman–Crippen LogP) is 3.12. The number of hydrogen-bond acceptors (Lipinski definition) is 2. The third kappa shape index (κ3) is 2.69. The number of anilines is 1. The molecule has 1 aromatic carbocycles. The molecule has 0 bridgehead atoms. The molecule has 2 aromatic rings. The van der Waals surface area contributed by atoms with Crippen LogP contribution in [0.25, 0.3) is 0 Å². The molecule has 0 spiro atoms. The Balaban J connectivity index is 2.18. The number of nitrogens with one attached hydrogen (secondary N) is 1. The van der Waals surface area contributed by atoms with E-state index < -0.39 is 17.5 Å². The Hall–Kier alpha value is -2.17. The standard InChI is InChI=1S/C12H9F2NO2/c1-7-2-3-11(17-7)12(16)15-10-5-8(13)4-9(14)6-10/h2-6H,1H3,(H,15,16). The SMILES string of the molecule is Cc1ccc(C(=O)Nc2cc(F)cc(F)c2)o1. The summed E-state index contributed by atoms with van der Waals surface area (Å²) < 4.78 is 30.8. The van der Waals surface area contributed by atoms with Crippen molar-refractivity contribution in [1.29, 1.82) is 0 Å². The van der Waals surface area contributed by atoms with E-state index in [2.05, 4.69) is 5.32 Å². The van der Waals surface area contributed by atoms with Crippen molar-refractivity contribution in [2.24, 2.45) is 0 Å². The summed E-state index contributed by atoms with van der Waals surface area (Å²) in [4.78, 5) is 11.6. The van der Waals surface area contributed by atoms with E-state index in [-0.39, 0.29) is 11.4 Å². The first kappa shape index (κ1) is 11.3. The largest absolute Gasteiger partial charge is 0.456 e. The Labute approximate surface area is 96.1 Å². The maximum atomic E-state index is 12.9. The van der Waals surface area contributed by atoms with E-state index in [0.717, 1.165) is 18.2 Å². The topological polar surface area (TPSA) is 42.2 Å². The minimum atomic E-state index is -0.754. The molecule has 0 saturated heterocycles. The van der Waals surface area contributed by atoms with Crippen LogP contribution in [0.5, 0.6) is 0 Å².